The van der Waals surface area contributed by atoms with E-state index in [1.54, 1.807) is 0 Å². The minimum absolute atomic E-state index is 0.175. The summed E-state index contributed by atoms with van der Waals surface area (Å²) in [5.74, 6) is 0.521. The SMILES string of the molecule is CCCOc1nc(Cl)nc(NC2CCCCC2)n1. The molecule has 0 amide bonds. The van der Waals surface area contributed by atoms with Crippen molar-refractivity contribution in [1.82, 2.24) is 15.0 Å². The second-order valence-electron chi connectivity index (χ2n) is 4.54. The molecular weight excluding hydrogens is 252 g/mol. The zero-order valence-corrected chi connectivity index (χ0v) is 11.4. The Kier molecular flexibility index (Phi) is 4.99. The molecule has 0 radical (unpaired) electrons. The molecule has 1 N–H and O–H groups in total. The van der Waals surface area contributed by atoms with Gasteiger partial charge in [0.2, 0.25) is 11.2 Å². The summed E-state index contributed by atoms with van der Waals surface area (Å²) in [7, 11) is 0. The Balaban J connectivity index is 1.99. The summed E-state index contributed by atoms with van der Waals surface area (Å²) in [6, 6.07) is 0.742. The second-order valence-corrected chi connectivity index (χ2v) is 4.88. The second kappa shape index (κ2) is 6.73. The normalized spacial score (nSPS) is 16.6. The zero-order chi connectivity index (χ0) is 12.8. The molecule has 6 heteroatoms. The molecule has 18 heavy (non-hydrogen) atoms. The third kappa shape index (κ3) is 3.98. The van der Waals surface area contributed by atoms with Gasteiger partial charge in [-0.3, -0.25) is 0 Å². The Labute approximate surface area is 112 Å². The number of hydrogen-bond donors (Lipinski definition) is 1. The Morgan fingerprint density at radius 1 is 1.22 bits per heavy atom. The van der Waals surface area contributed by atoms with Crippen LogP contribution in [0.2, 0.25) is 5.28 Å². The van der Waals surface area contributed by atoms with Crippen molar-refractivity contribution < 1.29 is 4.74 Å². The van der Waals surface area contributed by atoms with Crippen LogP contribution < -0.4 is 10.1 Å². The topological polar surface area (TPSA) is 59.9 Å². The zero-order valence-electron chi connectivity index (χ0n) is 10.7. The van der Waals surface area contributed by atoms with Crippen molar-refractivity contribution in [3.05, 3.63) is 5.28 Å². The molecule has 0 atom stereocenters. The first kappa shape index (κ1) is 13.3. The van der Waals surface area contributed by atoms with E-state index in [1.165, 1.54) is 19.3 Å². The van der Waals surface area contributed by atoms with Gasteiger partial charge in [0, 0.05) is 6.04 Å². The molecule has 0 unspecified atom stereocenters. The highest BCUT2D eigenvalue weighted by molar-refractivity contribution is 6.28. The number of hydrogen-bond acceptors (Lipinski definition) is 5. The number of aromatic nitrogens is 3. The molecule has 1 aliphatic rings. The molecular formula is C12H19ClN4O. The Morgan fingerprint density at radius 2 is 2.00 bits per heavy atom. The summed E-state index contributed by atoms with van der Waals surface area (Å²) in [5.41, 5.74) is 0. The van der Waals surface area contributed by atoms with Crippen LogP contribution in [0.3, 0.4) is 0 Å². The molecule has 100 valence electrons. The van der Waals surface area contributed by atoms with Crippen LogP contribution >= 0.6 is 11.6 Å². The lowest BCUT2D eigenvalue weighted by atomic mass is 9.96. The molecule has 1 fully saturated rings. The van der Waals surface area contributed by atoms with E-state index < -0.39 is 0 Å². The van der Waals surface area contributed by atoms with E-state index in [-0.39, 0.29) is 5.28 Å². The van der Waals surface area contributed by atoms with E-state index in [4.69, 9.17) is 16.3 Å². The van der Waals surface area contributed by atoms with Crippen molar-refractivity contribution in [2.24, 2.45) is 0 Å². The van der Waals surface area contributed by atoms with Gasteiger partial charge < -0.3 is 10.1 Å². The molecule has 1 aromatic rings. The molecule has 1 aliphatic carbocycles. The van der Waals surface area contributed by atoms with Crippen molar-refractivity contribution in [3.63, 3.8) is 0 Å². The molecule has 5 nitrogen and oxygen atoms in total. The van der Waals surface area contributed by atoms with Crippen LogP contribution in [-0.4, -0.2) is 27.6 Å². The monoisotopic (exact) mass is 270 g/mol. The standard InChI is InChI=1S/C12H19ClN4O/c1-2-8-18-12-16-10(13)15-11(17-12)14-9-6-4-3-5-7-9/h9H,2-8H2,1H3,(H,14,15,16,17). The number of nitrogens with one attached hydrogen (secondary N) is 1. The van der Waals surface area contributed by atoms with Crippen LogP contribution in [0.1, 0.15) is 45.4 Å². The molecule has 0 aromatic carbocycles. The first-order valence-corrected chi connectivity index (χ1v) is 6.96. The van der Waals surface area contributed by atoms with E-state index in [9.17, 15) is 0 Å². The lowest BCUT2D eigenvalue weighted by molar-refractivity contribution is 0.291. The minimum Gasteiger partial charge on any atom is -0.463 e. The fourth-order valence-corrected chi connectivity index (χ4v) is 2.24. The van der Waals surface area contributed by atoms with Gasteiger partial charge in [0.1, 0.15) is 0 Å². The highest BCUT2D eigenvalue weighted by Crippen LogP contribution is 2.21. The van der Waals surface area contributed by atoms with Gasteiger partial charge in [-0.15, -0.1) is 0 Å². The average molecular weight is 271 g/mol. The van der Waals surface area contributed by atoms with Gasteiger partial charge in [-0.25, -0.2) is 0 Å². The Hall–Kier alpha value is -1.10. The van der Waals surface area contributed by atoms with Gasteiger partial charge in [0.25, 0.3) is 0 Å². The first-order chi connectivity index (χ1) is 8.78. The maximum atomic E-state index is 5.86. The van der Waals surface area contributed by atoms with Crippen LogP contribution in [0.4, 0.5) is 5.95 Å². The number of halogens is 1. The van der Waals surface area contributed by atoms with E-state index in [0.29, 0.717) is 24.6 Å². The lowest BCUT2D eigenvalue weighted by Crippen LogP contribution is -2.23. The van der Waals surface area contributed by atoms with Crippen LogP contribution in [0.5, 0.6) is 6.01 Å². The van der Waals surface area contributed by atoms with E-state index in [1.807, 2.05) is 6.92 Å². The first-order valence-electron chi connectivity index (χ1n) is 6.59. The Bertz CT molecular complexity index is 382. The van der Waals surface area contributed by atoms with Crippen LogP contribution in [0.25, 0.3) is 0 Å². The summed E-state index contributed by atoms with van der Waals surface area (Å²) >= 11 is 5.86. The quantitative estimate of drug-likeness (QED) is 0.891. The fraction of sp³-hybridized carbons (Fsp3) is 0.750. The van der Waals surface area contributed by atoms with Crippen LogP contribution in [0.15, 0.2) is 0 Å². The van der Waals surface area contributed by atoms with Gasteiger partial charge in [0.15, 0.2) is 0 Å². The summed E-state index contributed by atoms with van der Waals surface area (Å²) in [6.07, 6.45) is 7.07. The number of rotatable bonds is 5. The van der Waals surface area contributed by atoms with Gasteiger partial charge >= 0.3 is 6.01 Å². The predicted molar refractivity (Wildman–Crippen MR) is 71.1 cm³/mol. The Morgan fingerprint density at radius 3 is 2.72 bits per heavy atom. The third-order valence-electron chi connectivity index (χ3n) is 2.96. The summed E-state index contributed by atoms with van der Waals surface area (Å²) < 4.78 is 5.38. The van der Waals surface area contributed by atoms with Crippen molar-refractivity contribution in [2.45, 2.75) is 51.5 Å². The molecule has 1 aromatic heterocycles. The van der Waals surface area contributed by atoms with E-state index in [2.05, 4.69) is 20.3 Å². The maximum Gasteiger partial charge on any atom is 0.322 e. The largest absolute Gasteiger partial charge is 0.463 e. The molecule has 0 saturated heterocycles. The van der Waals surface area contributed by atoms with Crippen molar-refractivity contribution in [1.29, 1.82) is 0 Å². The lowest BCUT2D eigenvalue weighted by Gasteiger charge is -2.22. The van der Waals surface area contributed by atoms with Gasteiger partial charge in [-0.05, 0) is 30.9 Å². The van der Waals surface area contributed by atoms with Gasteiger partial charge in [-0.1, -0.05) is 26.2 Å². The fourth-order valence-electron chi connectivity index (χ4n) is 2.08. The maximum absolute atomic E-state index is 5.86. The predicted octanol–water partition coefficient (Wildman–Crippen LogP) is 3.06. The number of nitrogens with zero attached hydrogens (tertiary/aromatic N) is 3. The van der Waals surface area contributed by atoms with Crippen LogP contribution in [-0.2, 0) is 0 Å². The van der Waals surface area contributed by atoms with E-state index >= 15 is 0 Å². The molecule has 2 rings (SSSR count). The summed E-state index contributed by atoms with van der Waals surface area (Å²) in [5, 5.41) is 3.49. The number of anilines is 1. The van der Waals surface area contributed by atoms with Gasteiger partial charge in [0.05, 0.1) is 6.61 Å². The molecule has 1 heterocycles. The molecule has 1 saturated carbocycles. The van der Waals surface area contributed by atoms with E-state index in [0.717, 1.165) is 19.3 Å². The van der Waals surface area contributed by atoms with Crippen molar-refractivity contribution in [2.75, 3.05) is 11.9 Å². The number of ether oxygens (including phenoxy) is 1. The highest BCUT2D eigenvalue weighted by atomic mass is 35.5. The molecule has 0 aliphatic heterocycles. The third-order valence-corrected chi connectivity index (χ3v) is 3.13. The highest BCUT2D eigenvalue weighted by Gasteiger charge is 2.15. The minimum atomic E-state index is 0.175. The summed E-state index contributed by atoms with van der Waals surface area (Å²) in [4.78, 5) is 12.3. The van der Waals surface area contributed by atoms with Crippen molar-refractivity contribution in [3.8, 4) is 6.01 Å². The molecule has 0 bridgehead atoms. The smallest absolute Gasteiger partial charge is 0.322 e. The van der Waals surface area contributed by atoms with Crippen molar-refractivity contribution >= 4 is 17.5 Å². The summed E-state index contributed by atoms with van der Waals surface area (Å²) in [6.45, 7) is 2.62. The van der Waals surface area contributed by atoms with Gasteiger partial charge in [-0.2, -0.15) is 15.0 Å². The van der Waals surface area contributed by atoms with Crippen LogP contribution in [0, 0.1) is 0 Å². The average Bonchev–Trinajstić information content (AvgIpc) is 2.37. The molecule has 0 spiro atoms.